The molecule has 11 heteroatoms. The van der Waals surface area contributed by atoms with Crippen LogP contribution in [-0.2, 0) is 9.59 Å². The lowest BCUT2D eigenvalue weighted by atomic mass is 9.92. The molecule has 3 aliphatic rings. The van der Waals surface area contributed by atoms with Gasteiger partial charge in [0.15, 0.2) is 0 Å². The van der Waals surface area contributed by atoms with E-state index in [1.54, 1.807) is 6.07 Å². The van der Waals surface area contributed by atoms with E-state index in [0.717, 1.165) is 43.0 Å². The molecule has 9 nitrogen and oxygen atoms in total. The van der Waals surface area contributed by atoms with E-state index in [0.29, 0.717) is 36.0 Å². The van der Waals surface area contributed by atoms with Crippen LogP contribution in [0.25, 0.3) is 0 Å². The van der Waals surface area contributed by atoms with E-state index in [1.165, 1.54) is 18.5 Å². The highest BCUT2D eigenvalue weighted by atomic mass is 35.5. The van der Waals surface area contributed by atoms with E-state index in [9.17, 15) is 14.0 Å². The van der Waals surface area contributed by atoms with Gasteiger partial charge in [0.25, 0.3) is 5.91 Å². The van der Waals surface area contributed by atoms with E-state index in [-0.39, 0.29) is 22.8 Å². The van der Waals surface area contributed by atoms with Crippen molar-refractivity contribution in [3.05, 3.63) is 64.0 Å². The molecule has 0 spiro atoms. The molecule has 4 heterocycles. The Hall–Kier alpha value is -3.50. The molecular formula is C27H31ClFN7O2. The average molecular weight is 540 g/mol. The van der Waals surface area contributed by atoms with Gasteiger partial charge in [-0.1, -0.05) is 32.4 Å². The minimum atomic E-state index is -0.676. The molecule has 5 rings (SSSR count). The zero-order chi connectivity index (χ0) is 27.0. The van der Waals surface area contributed by atoms with Crippen LogP contribution in [0.4, 0.5) is 21.7 Å². The predicted molar refractivity (Wildman–Crippen MR) is 144 cm³/mol. The first-order valence-electron chi connectivity index (χ1n) is 12.9. The Labute approximate surface area is 226 Å². The molecule has 2 atom stereocenters. The molecule has 0 saturated heterocycles. The van der Waals surface area contributed by atoms with Gasteiger partial charge in [0.2, 0.25) is 5.91 Å². The van der Waals surface area contributed by atoms with Crippen LogP contribution in [0.5, 0.6) is 0 Å². The Kier molecular flexibility index (Phi) is 7.36. The van der Waals surface area contributed by atoms with Gasteiger partial charge in [-0.25, -0.2) is 14.4 Å². The van der Waals surface area contributed by atoms with Crippen LogP contribution in [0.2, 0.25) is 5.02 Å². The highest BCUT2D eigenvalue weighted by Gasteiger charge is 2.40. The fourth-order valence-corrected chi connectivity index (χ4v) is 5.44. The Bertz CT molecular complexity index is 1340. The largest absolute Gasteiger partial charge is 0.362 e. The molecule has 0 fully saturated rings. The second-order valence-corrected chi connectivity index (χ2v) is 10.0. The van der Waals surface area contributed by atoms with Crippen LogP contribution in [0.1, 0.15) is 38.7 Å². The quantitative estimate of drug-likeness (QED) is 0.466. The number of nitrogens with zero attached hydrogens (tertiary/aromatic N) is 4. The first-order chi connectivity index (χ1) is 18.3. The van der Waals surface area contributed by atoms with Crippen molar-refractivity contribution in [2.45, 2.75) is 33.1 Å². The van der Waals surface area contributed by atoms with Crippen LogP contribution in [0.3, 0.4) is 0 Å². The van der Waals surface area contributed by atoms with Crippen LogP contribution < -0.4 is 16.0 Å². The van der Waals surface area contributed by atoms with E-state index in [2.05, 4.69) is 44.7 Å². The normalized spacial score (nSPS) is 21.6. The minimum Gasteiger partial charge on any atom is -0.362 e. The second kappa shape index (κ2) is 10.7. The van der Waals surface area contributed by atoms with Crippen molar-refractivity contribution in [2.75, 3.05) is 43.4 Å². The maximum atomic E-state index is 13.6. The molecule has 3 N–H and O–H groups in total. The number of hydrogen-bond donors (Lipinski definition) is 3. The summed E-state index contributed by atoms with van der Waals surface area (Å²) in [6.45, 7) is 10.4. The van der Waals surface area contributed by atoms with Crippen molar-refractivity contribution < 1.29 is 14.0 Å². The van der Waals surface area contributed by atoms with E-state index in [4.69, 9.17) is 11.6 Å². The third-order valence-electron chi connectivity index (χ3n) is 7.50. The summed E-state index contributed by atoms with van der Waals surface area (Å²) in [5.74, 6) is -0.739. The van der Waals surface area contributed by atoms with Gasteiger partial charge in [-0.2, -0.15) is 0 Å². The van der Waals surface area contributed by atoms with Gasteiger partial charge in [0.1, 0.15) is 23.8 Å². The fourth-order valence-electron chi connectivity index (χ4n) is 5.26. The standard InChI is InChI=1S/C27H31ClFN7O2/c1-4-35(5-2)10-11-36-9-8-20-22(27(36)38)15(3)21(33-20)13-17-23-24(30-14-31-25(23)34-26(17)37)32-16-6-7-19(29)18(28)12-16/h6-7,12-15,17,33H,4-5,8-11H2,1-3H3,(H2,30,31,32,34,37). The molecule has 2 amide bonds. The van der Waals surface area contributed by atoms with Gasteiger partial charge >= 0.3 is 0 Å². The number of nitrogens with one attached hydrogen (secondary N) is 3. The molecule has 38 heavy (non-hydrogen) atoms. The SMILES string of the molecule is CCN(CC)CCN1CCC2=C(C1=O)C(C)C(=CC1C(=O)Nc3ncnc(Nc4ccc(F)c(Cl)c4)c31)N2. The maximum absolute atomic E-state index is 13.6. The molecule has 0 bridgehead atoms. The number of aromatic nitrogens is 2. The number of amides is 2. The molecule has 3 aliphatic heterocycles. The summed E-state index contributed by atoms with van der Waals surface area (Å²) < 4.78 is 13.6. The number of allylic oxidation sites excluding steroid dienone is 1. The molecule has 2 aromatic rings. The Morgan fingerprint density at radius 1 is 1.24 bits per heavy atom. The molecule has 0 radical (unpaired) electrons. The summed E-state index contributed by atoms with van der Waals surface area (Å²) >= 11 is 5.94. The summed E-state index contributed by atoms with van der Waals surface area (Å²) in [7, 11) is 0. The van der Waals surface area contributed by atoms with E-state index in [1.807, 2.05) is 17.9 Å². The average Bonchev–Trinajstić information content (AvgIpc) is 3.40. The first-order valence-corrected chi connectivity index (χ1v) is 13.3. The van der Waals surface area contributed by atoms with Crippen molar-refractivity contribution in [1.82, 2.24) is 25.1 Å². The number of hydrogen-bond acceptors (Lipinski definition) is 7. The zero-order valence-electron chi connectivity index (χ0n) is 21.6. The number of anilines is 3. The Morgan fingerprint density at radius 2 is 2.03 bits per heavy atom. The van der Waals surface area contributed by atoms with Crippen molar-refractivity contribution >= 4 is 40.7 Å². The third-order valence-corrected chi connectivity index (χ3v) is 7.79. The van der Waals surface area contributed by atoms with Crippen LogP contribution in [-0.4, -0.2) is 64.3 Å². The highest BCUT2D eigenvalue weighted by Crippen LogP contribution is 2.41. The van der Waals surface area contributed by atoms with Crippen LogP contribution in [0, 0.1) is 11.7 Å². The Morgan fingerprint density at radius 3 is 2.76 bits per heavy atom. The number of carbonyl (C=O) groups is 2. The number of carbonyl (C=O) groups excluding carboxylic acids is 2. The number of benzene rings is 1. The van der Waals surface area contributed by atoms with Gasteiger partial charge in [0, 0.05) is 54.6 Å². The number of halogens is 2. The lowest BCUT2D eigenvalue weighted by molar-refractivity contribution is -0.128. The minimum absolute atomic E-state index is 0.0231. The monoisotopic (exact) mass is 539 g/mol. The zero-order valence-corrected chi connectivity index (χ0v) is 22.4. The number of fused-ring (bicyclic) bond motifs is 1. The summed E-state index contributed by atoms with van der Waals surface area (Å²) in [6, 6.07) is 4.26. The molecular weight excluding hydrogens is 509 g/mol. The topological polar surface area (TPSA) is 102 Å². The lowest BCUT2D eigenvalue weighted by Crippen LogP contribution is -2.42. The summed E-state index contributed by atoms with van der Waals surface area (Å²) in [4.78, 5) is 39.2. The summed E-state index contributed by atoms with van der Waals surface area (Å²) in [5.41, 5.74) is 3.61. The fraction of sp³-hybridized carbons (Fsp3) is 0.407. The van der Waals surface area contributed by atoms with Crippen LogP contribution >= 0.6 is 11.6 Å². The molecule has 0 saturated carbocycles. The van der Waals surface area contributed by atoms with Crippen molar-refractivity contribution in [3.8, 4) is 0 Å². The maximum Gasteiger partial charge on any atom is 0.252 e. The van der Waals surface area contributed by atoms with Crippen LogP contribution in [0.15, 0.2) is 47.6 Å². The van der Waals surface area contributed by atoms with E-state index >= 15 is 0 Å². The molecule has 0 aliphatic carbocycles. The van der Waals surface area contributed by atoms with Gasteiger partial charge in [-0.3, -0.25) is 9.59 Å². The second-order valence-electron chi connectivity index (χ2n) is 9.64. The van der Waals surface area contributed by atoms with Crippen molar-refractivity contribution in [1.29, 1.82) is 0 Å². The molecule has 200 valence electrons. The lowest BCUT2D eigenvalue weighted by Gasteiger charge is -2.30. The number of rotatable bonds is 8. The summed E-state index contributed by atoms with van der Waals surface area (Å²) in [6.07, 6.45) is 3.95. The molecule has 2 unspecified atom stereocenters. The molecule has 1 aromatic carbocycles. The van der Waals surface area contributed by atoms with Gasteiger partial charge in [-0.15, -0.1) is 0 Å². The highest BCUT2D eigenvalue weighted by molar-refractivity contribution is 6.31. The smallest absolute Gasteiger partial charge is 0.252 e. The molecule has 1 aromatic heterocycles. The van der Waals surface area contributed by atoms with Crippen molar-refractivity contribution in [3.63, 3.8) is 0 Å². The first kappa shape index (κ1) is 26.1. The van der Waals surface area contributed by atoms with Gasteiger partial charge in [0.05, 0.1) is 16.5 Å². The summed E-state index contributed by atoms with van der Waals surface area (Å²) in [5, 5.41) is 9.35. The third kappa shape index (κ3) is 4.86. The van der Waals surface area contributed by atoms with Crippen molar-refractivity contribution in [2.24, 2.45) is 5.92 Å². The number of likely N-dealkylation sites (N-methyl/N-ethyl adjacent to an activating group) is 1. The van der Waals surface area contributed by atoms with Gasteiger partial charge in [-0.05, 0) is 37.4 Å². The Balaban J connectivity index is 1.38. The van der Waals surface area contributed by atoms with Gasteiger partial charge < -0.3 is 25.8 Å². The van der Waals surface area contributed by atoms with E-state index < -0.39 is 11.7 Å². The predicted octanol–water partition coefficient (Wildman–Crippen LogP) is 4.00.